The van der Waals surface area contributed by atoms with Crippen LogP contribution in [0.1, 0.15) is 26.7 Å². The van der Waals surface area contributed by atoms with Crippen molar-refractivity contribution in [2.45, 2.75) is 32.3 Å². The second-order valence-corrected chi connectivity index (χ2v) is 7.99. The van der Waals surface area contributed by atoms with Gasteiger partial charge in [0, 0.05) is 6.42 Å². The van der Waals surface area contributed by atoms with Gasteiger partial charge in [0.05, 0.1) is 53.5 Å². The maximum absolute atomic E-state index is 11.1. The van der Waals surface area contributed by atoms with Crippen LogP contribution in [0.5, 0.6) is 17.2 Å². The smallest absolute Gasteiger partial charge is 0.204 e. The van der Waals surface area contributed by atoms with Gasteiger partial charge in [-0.2, -0.15) is 0 Å². The lowest BCUT2D eigenvalue weighted by Crippen LogP contribution is -2.42. The van der Waals surface area contributed by atoms with Crippen molar-refractivity contribution in [2.75, 3.05) is 42.7 Å². The molecule has 0 saturated heterocycles. The van der Waals surface area contributed by atoms with Gasteiger partial charge in [-0.3, -0.25) is 0 Å². The summed E-state index contributed by atoms with van der Waals surface area (Å²) in [6.07, 6.45) is 3.08. The first-order valence-electron chi connectivity index (χ1n) is 10.1. The molecule has 170 valence electrons. The maximum atomic E-state index is 11.1. The first-order valence-corrected chi connectivity index (χ1v) is 10.1. The molecular formula is C24H32O7. The molecule has 1 fully saturated rings. The van der Waals surface area contributed by atoms with Crippen molar-refractivity contribution in [3.05, 3.63) is 39.7 Å². The van der Waals surface area contributed by atoms with Gasteiger partial charge in [0.25, 0.3) is 0 Å². The molecule has 1 aromatic rings. The van der Waals surface area contributed by atoms with Crippen LogP contribution in [-0.4, -0.2) is 53.4 Å². The van der Waals surface area contributed by atoms with E-state index in [0.29, 0.717) is 52.6 Å². The van der Waals surface area contributed by atoms with Crippen LogP contribution in [0.15, 0.2) is 29.2 Å². The Morgan fingerprint density at radius 3 is 2.03 bits per heavy atom. The fourth-order valence-electron chi connectivity index (χ4n) is 4.34. The molecule has 2 aliphatic carbocycles. The van der Waals surface area contributed by atoms with Crippen molar-refractivity contribution < 1.29 is 33.5 Å². The quantitative estimate of drug-likeness (QED) is 0.739. The van der Waals surface area contributed by atoms with Crippen LogP contribution >= 0.6 is 0 Å². The number of ether oxygens (including phenoxy) is 6. The molecule has 0 radical (unpaired) electrons. The number of hydrogen-bond donors (Lipinski definition) is 1. The molecule has 2 atom stereocenters. The van der Waals surface area contributed by atoms with Gasteiger partial charge in [-0.25, -0.2) is 0 Å². The third-order valence-corrected chi connectivity index (χ3v) is 6.26. The molecule has 7 heteroatoms. The predicted octanol–water partition coefficient (Wildman–Crippen LogP) is 2.24. The summed E-state index contributed by atoms with van der Waals surface area (Å²) in [6.45, 7) is 3.92. The number of rotatable bonds is 6. The summed E-state index contributed by atoms with van der Waals surface area (Å²) in [6, 6.07) is 1.90. The van der Waals surface area contributed by atoms with Gasteiger partial charge < -0.3 is 33.5 Å². The molecule has 3 rings (SSSR count). The number of fused-ring (bicyclic) bond motifs is 2. The molecule has 1 aromatic carbocycles. The van der Waals surface area contributed by atoms with Gasteiger partial charge in [0.1, 0.15) is 0 Å². The molecule has 1 saturated carbocycles. The minimum atomic E-state index is -0.877. The summed E-state index contributed by atoms with van der Waals surface area (Å²) in [5.41, 5.74) is 1.14. The lowest BCUT2D eigenvalue weighted by atomic mass is 9.71. The number of benzene rings is 1. The van der Waals surface area contributed by atoms with Crippen molar-refractivity contribution >= 4 is 11.3 Å². The molecule has 2 unspecified atom stereocenters. The monoisotopic (exact) mass is 432 g/mol. The second kappa shape index (κ2) is 8.75. The Balaban J connectivity index is 2.66. The highest BCUT2D eigenvalue weighted by Gasteiger charge is 2.38. The molecular weight excluding hydrogens is 400 g/mol. The van der Waals surface area contributed by atoms with Gasteiger partial charge in [0.15, 0.2) is 23.0 Å². The van der Waals surface area contributed by atoms with Gasteiger partial charge in [-0.1, -0.05) is 6.92 Å². The van der Waals surface area contributed by atoms with Crippen molar-refractivity contribution in [3.63, 3.8) is 0 Å². The highest BCUT2D eigenvalue weighted by atomic mass is 16.5. The zero-order valence-electron chi connectivity index (χ0n) is 19.5. The minimum absolute atomic E-state index is 0.0578. The average Bonchev–Trinajstić information content (AvgIpc) is 2.76. The van der Waals surface area contributed by atoms with E-state index >= 15 is 0 Å². The standard InChI is InChI=1S/C24H32O7/c1-13-9-14-10-17(26-3)20(28-5)22(30-7)19-15(16(14)12-24(13,2)25)11-18(27-4)21(29-6)23(19)31-8/h10-11,13,25H,9,12H2,1-8H3/b14-10?,16-15-,17-10?,20-17?,22-19-,22-20?. The molecule has 7 nitrogen and oxygen atoms in total. The Bertz CT molecular complexity index is 1050. The molecule has 2 aliphatic rings. The number of methoxy groups -OCH3 is 6. The minimum Gasteiger partial charge on any atom is -0.493 e. The summed E-state index contributed by atoms with van der Waals surface area (Å²) >= 11 is 0. The van der Waals surface area contributed by atoms with Gasteiger partial charge >= 0.3 is 0 Å². The highest BCUT2D eigenvalue weighted by Crippen LogP contribution is 2.42. The van der Waals surface area contributed by atoms with E-state index in [9.17, 15) is 5.11 Å². The fraction of sp³-hybridized carbons (Fsp3) is 0.500. The van der Waals surface area contributed by atoms with Crippen molar-refractivity contribution in [1.82, 2.24) is 0 Å². The van der Waals surface area contributed by atoms with E-state index in [0.717, 1.165) is 16.4 Å². The average molecular weight is 433 g/mol. The first-order chi connectivity index (χ1) is 14.8. The van der Waals surface area contributed by atoms with E-state index in [2.05, 4.69) is 0 Å². The van der Waals surface area contributed by atoms with Crippen LogP contribution in [0, 0.1) is 5.92 Å². The van der Waals surface area contributed by atoms with Crippen molar-refractivity contribution in [2.24, 2.45) is 5.92 Å². The molecule has 0 aromatic heterocycles. The third kappa shape index (κ3) is 3.71. The van der Waals surface area contributed by atoms with E-state index in [1.807, 2.05) is 26.0 Å². The van der Waals surface area contributed by atoms with Gasteiger partial charge in [-0.05, 0) is 47.8 Å². The van der Waals surface area contributed by atoms with Crippen LogP contribution in [0.4, 0.5) is 0 Å². The molecule has 0 heterocycles. The van der Waals surface area contributed by atoms with E-state index in [-0.39, 0.29) is 5.92 Å². The third-order valence-electron chi connectivity index (χ3n) is 6.26. The number of aliphatic hydroxyl groups is 1. The summed E-state index contributed by atoms with van der Waals surface area (Å²) in [7, 11) is 9.43. The van der Waals surface area contributed by atoms with E-state index in [1.54, 1.807) is 42.7 Å². The SMILES string of the molecule is COC1=C(OC)/C(OC)=c2/c(OC)c(OC)c(OC)c/c2=C2\CC(C)(O)C(C)CC2=C1. The Morgan fingerprint density at radius 1 is 0.871 bits per heavy atom. The van der Waals surface area contributed by atoms with E-state index in [4.69, 9.17) is 28.4 Å². The summed E-state index contributed by atoms with van der Waals surface area (Å²) in [4.78, 5) is 0. The van der Waals surface area contributed by atoms with Gasteiger partial charge in [0.2, 0.25) is 11.5 Å². The lowest BCUT2D eigenvalue weighted by molar-refractivity contribution is 0.00554. The van der Waals surface area contributed by atoms with Crippen molar-refractivity contribution in [1.29, 1.82) is 0 Å². The van der Waals surface area contributed by atoms with Crippen LogP contribution < -0.4 is 24.6 Å². The summed E-state index contributed by atoms with van der Waals surface area (Å²) < 4.78 is 34.3. The van der Waals surface area contributed by atoms with Crippen LogP contribution in [0.3, 0.4) is 0 Å². The molecule has 31 heavy (non-hydrogen) atoms. The van der Waals surface area contributed by atoms with E-state index in [1.165, 1.54) is 0 Å². The van der Waals surface area contributed by atoms with Gasteiger partial charge in [-0.15, -0.1) is 0 Å². The highest BCUT2D eigenvalue weighted by molar-refractivity contribution is 5.75. The molecule has 0 amide bonds. The lowest BCUT2D eigenvalue weighted by Gasteiger charge is -2.38. The zero-order valence-corrected chi connectivity index (χ0v) is 19.5. The maximum Gasteiger partial charge on any atom is 0.204 e. The van der Waals surface area contributed by atoms with E-state index < -0.39 is 5.60 Å². The Hall–Kier alpha value is -2.80. The molecule has 0 bridgehead atoms. The summed E-state index contributed by atoms with van der Waals surface area (Å²) in [5.74, 6) is 2.88. The zero-order chi connectivity index (χ0) is 22.9. The molecule has 0 aliphatic heterocycles. The van der Waals surface area contributed by atoms with Crippen molar-refractivity contribution in [3.8, 4) is 17.2 Å². The van der Waals surface area contributed by atoms with Crippen LogP contribution in [0.25, 0.3) is 11.3 Å². The Labute approximate surface area is 183 Å². The Morgan fingerprint density at radius 2 is 1.52 bits per heavy atom. The van der Waals surface area contributed by atoms with Crippen LogP contribution in [0.2, 0.25) is 0 Å². The topological polar surface area (TPSA) is 75.6 Å². The normalized spacial score (nSPS) is 26.6. The number of hydrogen-bond acceptors (Lipinski definition) is 7. The van der Waals surface area contributed by atoms with Crippen LogP contribution in [-0.2, 0) is 14.2 Å². The fourth-order valence-corrected chi connectivity index (χ4v) is 4.34. The number of allylic oxidation sites excluding steroid dienone is 2. The predicted molar refractivity (Wildman–Crippen MR) is 117 cm³/mol. The molecule has 1 N–H and O–H groups in total. The second-order valence-electron chi connectivity index (χ2n) is 7.99. The Kier molecular flexibility index (Phi) is 6.46. The summed E-state index contributed by atoms with van der Waals surface area (Å²) in [5, 5.41) is 12.6. The molecule has 0 spiro atoms. The first kappa shape index (κ1) is 22.9. The largest absolute Gasteiger partial charge is 0.493 e.